The molecule has 0 N–H and O–H groups in total. The third kappa shape index (κ3) is 1.98. The van der Waals surface area contributed by atoms with Crippen molar-refractivity contribution in [1.82, 2.24) is 9.55 Å². The Labute approximate surface area is 156 Å². The summed E-state index contributed by atoms with van der Waals surface area (Å²) in [6, 6.07) is 32.1. The zero-order valence-electron chi connectivity index (χ0n) is 14.6. The number of benzene rings is 4. The molecule has 0 bridgehead atoms. The quantitative estimate of drug-likeness (QED) is 0.312. The van der Waals surface area contributed by atoms with Crippen molar-refractivity contribution in [1.29, 1.82) is 0 Å². The van der Waals surface area contributed by atoms with E-state index in [1.54, 1.807) is 0 Å². The van der Waals surface area contributed by atoms with Crippen LogP contribution < -0.4 is 0 Å². The zero-order valence-corrected chi connectivity index (χ0v) is 14.6. The van der Waals surface area contributed by atoms with Gasteiger partial charge in [0.2, 0.25) is 0 Å². The fourth-order valence-electron chi connectivity index (χ4n) is 4.25. The molecule has 0 aliphatic rings. The first-order valence-electron chi connectivity index (χ1n) is 9.17. The largest absolute Gasteiger partial charge is 0.309 e. The second kappa shape index (κ2) is 5.42. The van der Waals surface area contributed by atoms with Gasteiger partial charge in [0.05, 0.1) is 16.6 Å². The van der Waals surface area contributed by atoms with E-state index in [4.69, 9.17) is 0 Å². The van der Waals surface area contributed by atoms with E-state index < -0.39 is 0 Å². The molecule has 0 aliphatic heterocycles. The van der Waals surface area contributed by atoms with Gasteiger partial charge in [-0.25, -0.2) is 0 Å². The summed E-state index contributed by atoms with van der Waals surface area (Å²) in [5.41, 5.74) is 4.69. The van der Waals surface area contributed by atoms with Gasteiger partial charge in [-0.2, -0.15) is 0 Å². The molecule has 0 saturated heterocycles. The summed E-state index contributed by atoms with van der Waals surface area (Å²) in [5.74, 6) is 0. The summed E-state index contributed by atoms with van der Waals surface area (Å²) in [5, 5.41) is 6.18. The number of hydrogen-bond acceptors (Lipinski definition) is 1. The molecule has 126 valence electrons. The van der Waals surface area contributed by atoms with Gasteiger partial charge in [0.25, 0.3) is 0 Å². The van der Waals surface area contributed by atoms with Crippen molar-refractivity contribution in [2.24, 2.45) is 0 Å². The molecule has 0 amide bonds. The van der Waals surface area contributed by atoms with Crippen molar-refractivity contribution in [3.8, 4) is 5.69 Å². The number of fused-ring (bicyclic) bond motifs is 7. The molecule has 0 radical (unpaired) electrons. The first-order chi connectivity index (χ1) is 13.4. The van der Waals surface area contributed by atoms with Crippen molar-refractivity contribution in [3.05, 3.63) is 97.2 Å². The molecule has 0 unspecified atom stereocenters. The first kappa shape index (κ1) is 14.5. The van der Waals surface area contributed by atoms with Crippen LogP contribution in [0, 0.1) is 0 Å². The minimum Gasteiger partial charge on any atom is -0.309 e. The van der Waals surface area contributed by atoms with Crippen molar-refractivity contribution in [3.63, 3.8) is 0 Å². The van der Waals surface area contributed by atoms with Crippen molar-refractivity contribution in [2.45, 2.75) is 0 Å². The first-order valence-corrected chi connectivity index (χ1v) is 9.17. The average Bonchev–Trinajstić information content (AvgIpc) is 3.08. The monoisotopic (exact) mass is 344 g/mol. The normalized spacial score (nSPS) is 11.7. The van der Waals surface area contributed by atoms with Gasteiger partial charge in [-0.3, -0.25) is 4.98 Å². The van der Waals surface area contributed by atoms with E-state index in [0.717, 1.165) is 5.52 Å². The van der Waals surface area contributed by atoms with Crippen LogP contribution in [0.2, 0.25) is 0 Å². The van der Waals surface area contributed by atoms with Crippen LogP contribution in [0.3, 0.4) is 0 Å². The van der Waals surface area contributed by atoms with E-state index in [1.165, 1.54) is 43.7 Å². The second-order valence-corrected chi connectivity index (χ2v) is 6.89. The smallest absolute Gasteiger partial charge is 0.0709 e. The van der Waals surface area contributed by atoms with Gasteiger partial charge in [-0.1, -0.05) is 66.7 Å². The molecule has 27 heavy (non-hydrogen) atoms. The summed E-state index contributed by atoms with van der Waals surface area (Å²) in [6.45, 7) is 0. The van der Waals surface area contributed by atoms with E-state index in [1.807, 2.05) is 12.3 Å². The SMILES string of the molecule is c1ccc(-n2c3ccccc3c3ccc4cnc5ccccc5c4c32)cc1. The predicted octanol–water partition coefficient (Wildman–Crippen LogP) is 6.49. The summed E-state index contributed by atoms with van der Waals surface area (Å²) < 4.78 is 2.39. The van der Waals surface area contributed by atoms with Gasteiger partial charge in [0.15, 0.2) is 0 Å². The molecule has 2 nitrogen and oxygen atoms in total. The molecule has 0 aliphatic carbocycles. The lowest BCUT2D eigenvalue weighted by Crippen LogP contribution is -1.94. The Kier molecular flexibility index (Phi) is 2.91. The molecule has 0 spiro atoms. The Bertz CT molecular complexity index is 1460. The molecule has 2 aromatic heterocycles. The lowest BCUT2D eigenvalue weighted by molar-refractivity contribution is 1.19. The van der Waals surface area contributed by atoms with Gasteiger partial charge in [0.1, 0.15) is 0 Å². The minimum absolute atomic E-state index is 1.03. The molecule has 4 aromatic carbocycles. The number of aromatic nitrogens is 2. The number of pyridine rings is 1. The maximum Gasteiger partial charge on any atom is 0.0709 e. The number of rotatable bonds is 1. The van der Waals surface area contributed by atoms with Crippen LogP contribution in [0.25, 0.3) is 49.2 Å². The highest BCUT2D eigenvalue weighted by Gasteiger charge is 2.16. The highest BCUT2D eigenvalue weighted by Crippen LogP contribution is 2.38. The Balaban J connectivity index is 1.97. The Morgan fingerprint density at radius 3 is 2.22 bits per heavy atom. The summed E-state index contributed by atoms with van der Waals surface area (Å²) in [4.78, 5) is 4.66. The molecule has 6 rings (SSSR count). The van der Waals surface area contributed by atoms with Crippen LogP contribution in [-0.4, -0.2) is 9.55 Å². The van der Waals surface area contributed by atoms with Crippen LogP contribution >= 0.6 is 0 Å². The van der Waals surface area contributed by atoms with Gasteiger partial charge < -0.3 is 4.57 Å². The zero-order chi connectivity index (χ0) is 17.8. The van der Waals surface area contributed by atoms with Crippen LogP contribution in [0.4, 0.5) is 0 Å². The van der Waals surface area contributed by atoms with Gasteiger partial charge in [-0.05, 0) is 24.3 Å². The number of nitrogens with zero attached hydrogens (tertiary/aromatic N) is 2. The average molecular weight is 344 g/mol. The predicted molar refractivity (Wildman–Crippen MR) is 114 cm³/mol. The Morgan fingerprint density at radius 1 is 0.593 bits per heavy atom. The third-order valence-corrected chi connectivity index (χ3v) is 5.40. The highest BCUT2D eigenvalue weighted by atomic mass is 15.0. The lowest BCUT2D eigenvalue weighted by atomic mass is 10.0. The molecule has 0 fully saturated rings. The topological polar surface area (TPSA) is 17.8 Å². The van der Waals surface area contributed by atoms with E-state index in [9.17, 15) is 0 Å². The van der Waals surface area contributed by atoms with Gasteiger partial charge >= 0.3 is 0 Å². The molecule has 6 aromatic rings. The number of para-hydroxylation sites is 3. The summed E-state index contributed by atoms with van der Waals surface area (Å²) in [7, 11) is 0. The van der Waals surface area contributed by atoms with E-state index in [2.05, 4.69) is 94.5 Å². The lowest BCUT2D eigenvalue weighted by Gasteiger charge is -2.11. The molecular formula is C25H16N2. The van der Waals surface area contributed by atoms with E-state index >= 15 is 0 Å². The van der Waals surface area contributed by atoms with Crippen molar-refractivity contribution >= 4 is 43.5 Å². The summed E-state index contributed by atoms with van der Waals surface area (Å²) in [6.07, 6.45) is 1.99. The van der Waals surface area contributed by atoms with Crippen LogP contribution in [0.5, 0.6) is 0 Å². The molecule has 0 saturated carbocycles. The van der Waals surface area contributed by atoms with Crippen molar-refractivity contribution in [2.75, 3.05) is 0 Å². The standard InChI is InChI=1S/C25H16N2/c1-2-8-18(9-3-1)27-23-13-7-5-10-19(23)20-15-14-17-16-26-22-12-6-4-11-21(22)24(17)25(20)27/h1-16H. The summed E-state index contributed by atoms with van der Waals surface area (Å²) >= 11 is 0. The Morgan fingerprint density at radius 2 is 1.33 bits per heavy atom. The van der Waals surface area contributed by atoms with E-state index in [0.29, 0.717) is 0 Å². The minimum atomic E-state index is 1.03. The molecular weight excluding hydrogens is 328 g/mol. The highest BCUT2D eigenvalue weighted by molar-refractivity contribution is 6.24. The molecule has 0 atom stereocenters. The maximum absolute atomic E-state index is 4.66. The molecule has 2 heteroatoms. The molecule has 2 heterocycles. The van der Waals surface area contributed by atoms with Gasteiger partial charge in [0, 0.05) is 38.8 Å². The van der Waals surface area contributed by atoms with Crippen LogP contribution in [-0.2, 0) is 0 Å². The second-order valence-electron chi connectivity index (χ2n) is 6.89. The van der Waals surface area contributed by atoms with E-state index in [-0.39, 0.29) is 0 Å². The maximum atomic E-state index is 4.66. The fraction of sp³-hybridized carbons (Fsp3) is 0. The van der Waals surface area contributed by atoms with Crippen molar-refractivity contribution < 1.29 is 0 Å². The third-order valence-electron chi connectivity index (χ3n) is 5.40. The van der Waals surface area contributed by atoms with Crippen LogP contribution in [0.1, 0.15) is 0 Å². The van der Waals surface area contributed by atoms with Gasteiger partial charge in [-0.15, -0.1) is 0 Å². The number of hydrogen-bond donors (Lipinski definition) is 0. The fourth-order valence-corrected chi connectivity index (χ4v) is 4.25. The van der Waals surface area contributed by atoms with Crippen LogP contribution in [0.15, 0.2) is 97.2 Å². The Hall–Kier alpha value is -3.65.